The summed E-state index contributed by atoms with van der Waals surface area (Å²) in [6.07, 6.45) is 0.306. The third-order valence-corrected chi connectivity index (χ3v) is 2.65. The summed E-state index contributed by atoms with van der Waals surface area (Å²) >= 11 is 0. The van der Waals surface area contributed by atoms with Crippen LogP contribution in [-0.2, 0) is 4.84 Å². The van der Waals surface area contributed by atoms with E-state index in [4.69, 9.17) is 19.4 Å². The number of rotatable bonds is 4. The minimum Gasteiger partial charge on any atom is -0.497 e. The molecule has 0 bridgehead atoms. The molecular weight excluding hydrogens is 222 g/mol. The maximum atomic E-state index is 9.00. The highest BCUT2D eigenvalue weighted by Gasteiger charge is 2.23. The van der Waals surface area contributed by atoms with Crippen LogP contribution in [0.2, 0.25) is 0 Å². The van der Waals surface area contributed by atoms with Gasteiger partial charge in [0.1, 0.15) is 11.5 Å². The molecule has 0 amide bonds. The lowest BCUT2D eigenvalue weighted by atomic mass is 10.0. The van der Waals surface area contributed by atoms with Crippen LogP contribution in [0.5, 0.6) is 11.5 Å². The van der Waals surface area contributed by atoms with Crippen molar-refractivity contribution in [3.8, 4) is 11.5 Å². The number of oxime groups is 1. The van der Waals surface area contributed by atoms with Gasteiger partial charge in [-0.1, -0.05) is 5.16 Å². The van der Waals surface area contributed by atoms with E-state index in [0.717, 1.165) is 17.0 Å². The highest BCUT2D eigenvalue weighted by atomic mass is 16.6. The smallest absolute Gasteiger partial charge is 0.156 e. The van der Waals surface area contributed by atoms with E-state index >= 15 is 0 Å². The van der Waals surface area contributed by atoms with E-state index in [1.807, 2.05) is 18.2 Å². The first-order chi connectivity index (χ1) is 8.28. The zero-order chi connectivity index (χ0) is 12.3. The first-order valence-electron chi connectivity index (χ1n) is 5.34. The van der Waals surface area contributed by atoms with Crippen molar-refractivity contribution >= 4 is 5.71 Å². The van der Waals surface area contributed by atoms with Gasteiger partial charge >= 0.3 is 0 Å². The standard InChI is InChI=1S/C12H15NO4/c1-15-8-3-4-12(16-2)10(5-8)11-6-9(7-14)17-13-11/h3-5,9,14H,6-7H2,1-2H3. The van der Waals surface area contributed by atoms with Gasteiger partial charge in [0.25, 0.3) is 0 Å². The van der Waals surface area contributed by atoms with Crippen LogP contribution in [0.3, 0.4) is 0 Å². The second-order valence-electron chi connectivity index (χ2n) is 3.72. The Labute approximate surface area is 99.6 Å². The molecule has 1 unspecified atom stereocenters. The topological polar surface area (TPSA) is 60.3 Å². The van der Waals surface area contributed by atoms with Gasteiger partial charge in [-0.15, -0.1) is 0 Å². The molecule has 1 N–H and O–H groups in total. The van der Waals surface area contributed by atoms with Gasteiger partial charge in [0.2, 0.25) is 0 Å². The normalized spacial score (nSPS) is 18.5. The number of aliphatic hydroxyl groups is 1. The molecule has 1 atom stereocenters. The van der Waals surface area contributed by atoms with Gasteiger partial charge in [-0.3, -0.25) is 0 Å². The van der Waals surface area contributed by atoms with Crippen molar-refractivity contribution in [3.05, 3.63) is 23.8 Å². The first kappa shape index (κ1) is 11.7. The van der Waals surface area contributed by atoms with Crippen molar-refractivity contribution in [2.24, 2.45) is 5.16 Å². The Morgan fingerprint density at radius 2 is 2.24 bits per heavy atom. The van der Waals surface area contributed by atoms with Crippen LogP contribution in [0.4, 0.5) is 0 Å². The number of nitrogens with zero attached hydrogens (tertiary/aromatic N) is 1. The van der Waals surface area contributed by atoms with Gasteiger partial charge in [0.15, 0.2) is 6.10 Å². The molecule has 1 aromatic carbocycles. The van der Waals surface area contributed by atoms with Crippen molar-refractivity contribution in [3.63, 3.8) is 0 Å². The van der Waals surface area contributed by atoms with Crippen LogP contribution in [0, 0.1) is 0 Å². The van der Waals surface area contributed by atoms with Gasteiger partial charge in [-0.05, 0) is 18.2 Å². The predicted molar refractivity (Wildman–Crippen MR) is 62.7 cm³/mol. The summed E-state index contributed by atoms with van der Waals surface area (Å²) in [5.74, 6) is 1.45. The van der Waals surface area contributed by atoms with Gasteiger partial charge in [0.05, 0.1) is 26.5 Å². The highest BCUT2D eigenvalue weighted by molar-refractivity contribution is 6.03. The molecule has 0 spiro atoms. The van der Waals surface area contributed by atoms with Crippen molar-refractivity contribution in [2.45, 2.75) is 12.5 Å². The third-order valence-electron chi connectivity index (χ3n) is 2.65. The molecule has 0 aromatic heterocycles. The lowest BCUT2D eigenvalue weighted by molar-refractivity contribution is 0.0390. The summed E-state index contributed by atoms with van der Waals surface area (Å²) in [6.45, 7) is -0.0424. The van der Waals surface area contributed by atoms with Crippen LogP contribution in [-0.4, -0.2) is 37.7 Å². The van der Waals surface area contributed by atoms with E-state index in [9.17, 15) is 0 Å². The largest absolute Gasteiger partial charge is 0.497 e. The Bertz CT molecular complexity index is 431. The Morgan fingerprint density at radius 1 is 1.41 bits per heavy atom. The van der Waals surface area contributed by atoms with Crippen molar-refractivity contribution < 1.29 is 19.4 Å². The zero-order valence-electron chi connectivity index (χ0n) is 9.84. The monoisotopic (exact) mass is 237 g/mol. The maximum Gasteiger partial charge on any atom is 0.156 e. The molecule has 0 saturated carbocycles. The number of hydrogen-bond acceptors (Lipinski definition) is 5. The molecule has 17 heavy (non-hydrogen) atoms. The molecule has 1 aliphatic heterocycles. The van der Waals surface area contributed by atoms with Crippen LogP contribution >= 0.6 is 0 Å². The average molecular weight is 237 g/mol. The summed E-state index contributed by atoms with van der Waals surface area (Å²) in [7, 11) is 3.21. The van der Waals surface area contributed by atoms with Crippen LogP contribution in [0.25, 0.3) is 0 Å². The van der Waals surface area contributed by atoms with Gasteiger partial charge in [0, 0.05) is 12.0 Å². The molecule has 1 aliphatic rings. The quantitative estimate of drug-likeness (QED) is 0.854. The Hall–Kier alpha value is -1.75. The fourth-order valence-electron chi connectivity index (χ4n) is 1.72. The molecule has 0 aliphatic carbocycles. The number of benzene rings is 1. The zero-order valence-corrected chi connectivity index (χ0v) is 9.84. The van der Waals surface area contributed by atoms with Crippen LogP contribution in [0.15, 0.2) is 23.4 Å². The first-order valence-corrected chi connectivity index (χ1v) is 5.34. The molecule has 5 heteroatoms. The lowest BCUT2D eigenvalue weighted by Crippen LogP contribution is -2.13. The third kappa shape index (κ3) is 2.34. The van der Waals surface area contributed by atoms with Gasteiger partial charge in [-0.2, -0.15) is 0 Å². The predicted octanol–water partition coefficient (Wildman–Crippen LogP) is 1.19. The van der Waals surface area contributed by atoms with E-state index in [0.29, 0.717) is 12.2 Å². The molecule has 1 aromatic rings. The van der Waals surface area contributed by atoms with Crippen molar-refractivity contribution in [2.75, 3.05) is 20.8 Å². The highest BCUT2D eigenvalue weighted by Crippen LogP contribution is 2.28. The Balaban J connectivity index is 2.30. The van der Waals surface area contributed by atoms with E-state index in [2.05, 4.69) is 5.16 Å². The summed E-state index contributed by atoms with van der Waals surface area (Å²) in [4.78, 5) is 5.08. The molecule has 2 rings (SSSR count). The van der Waals surface area contributed by atoms with Gasteiger partial charge < -0.3 is 19.4 Å². The van der Waals surface area contributed by atoms with E-state index < -0.39 is 0 Å². The molecule has 1 heterocycles. The number of methoxy groups -OCH3 is 2. The van der Waals surface area contributed by atoms with Gasteiger partial charge in [-0.25, -0.2) is 0 Å². The molecular formula is C12H15NO4. The second-order valence-corrected chi connectivity index (χ2v) is 3.72. The molecule has 0 fully saturated rings. The van der Waals surface area contributed by atoms with Crippen LogP contribution < -0.4 is 9.47 Å². The fraction of sp³-hybridized carbons (Fsp3) is 0.417. The van der Waals surface area contributed by atoms with E-state index in [1.54, 1.807) is 14.2 Å². The summed E-state index contributed by atoms with van der Waals surface area (Å²) in [5.41, 5.74) is 1.60. The average Bonchev–Trinajstić information content (AvgIpc) is 2.86. The molecule has 5 nitrogen and oxygen atoms in total. The van der Waals surface area contributed by atoms with E-state index in [1.165, 1.54) is 0 Å². The minimum atomic E-state index is -0.263. The summed E-state index contributed by atoms with van der Waals surface area (Å²) in [6, 6.07) is 5.49. The lowest BCUT2D eigenvalue weighted by Gasteiger charge is -2.09. The Morgan fingerprint density at radius 3 is 2.82 bits per heavy atom. The maximum absolute atomic E-state index is 9.00. The van der Waals surface area contributed by atoms with E-state index in [-0.39, 0.29) is 12.7 Å². The molecule has 92 valence electrons. The van der Waals surface area contributed by atoms with Crippen LogP contribution in [0.1, 0.15) is 12.0 Å². The second kappa shape index (κ2) is 5.05. The van der Waals surface area contributed by atoms with Crippen molar-refractivity contribution in [1.82, 2.24) is 0 Å². The number of hydrogen-bond donors (Lipinski definition) is 1. The Kier molecular flexibility index (Phi) is 3.49. The SMILES string of the molecule is COc1ccc(OC)c(C2=NOC(CO)C2)c1. The fourth-order valence-corrected chi connectivity index (χ4v) is 1.72. The minimum absolute atomic E-state index is 0.0424. The summed E-state index contributed by atoms with van der Waals surface area (Å²) in [5, 5.41) is 13.0. The molecule has 0 radical (unpaired) electrons. The number of ether oxygens (including phenoxy) is 2. The van der Waals surface area contributed by atoms with Crippen molar-refractivity contribution in [1.29, 1.82) is 0 Å². The summed E-state index contributed by atoms with van der Waals surface area (Å²) < 4.78 is 10.4. The molecule has 0 saturated heterocycles. The number of aliphatic hydroxyl groups excluding tert-OH is 1.